The van der Waals surface area contributed by atoms with E-state index in [9.17, 15) is 8.42 Å². The lowest BCUT2D eigenvalue weighted by Crippen LogP contribution is -2.07. The van der Waals surface area contributed by atoms with Crippen LogP contribution >= 0.6 is 10.7 Å². The number of rotatable bonds is 5. The first-order valence-corrected chi connectivity index (χ1v) is 7.91. The summed E-state index contributed by atoms with van der Waals surface area (Å²) in [5, 5.41) is 0. The zero-order valence-corrected chi connectivity index (χ0v) is 11.9. The van der Waals surface area contributed by atoms with Crippen LogP contribution in [0.5, 0.6) is 5.75 Å². The van der Waals surface area contributed by atoms with Crippen LogP contribution < -0.4 is 4.74 Å². The van der Waals surface area contributed by atoms with Crippen molar-refractivity contribution in [1.29, 1.82) is 0 Å². The lowest BCUT2D eigenvalue weighted by atomic mass is 10.2. The maximum atomic E-state index is 11.2. The van der Waals surface area contributed by atoms with Gasteiger partial charge in [-0.25, -0.2) is 13.4 Å². The molecule has 0 radical (unpaired) electrons. The Morgan fingerprint density at radius 1 is 1.42 bits per heavy atom. The van der Waals surface area contributed by atoms with E-state index < -0.39 is 9.05 Å². The van der Waals surface area contributed by atoms with Crippen molar-refractivity contribution in [3.05, 3.63) is 42.5 Å². The molecule has 0 fully saturated rings. The van der Waals surface area contributed by atoms with E-state index in [0.29, 0.717) is 18.9 Å². The van der Waals surface area contributed by atoms with E-state index >= 15 is 0 Å². The summed E-state index contributed by atoms with van der Waals surface area (Å²) in [6.07, 6.45) is 5.25. The van der Waals surface area contributed by atoms with E-state index in [0.717, 1.165) is 5.56 Å². The predicted molar refractivity (Wildman–Crippen MR) is 71.9 cm³/mol. The summed E-state index contributed by atoms with van der Waals surface area (Å²) >= 11 is 0. The van der Waals surface area contributed by atoms with Crippen LogP contribution in [0.4, 0.5) is 0 Å². The molecule has 19 heavy (non-hydrogen) atoms. The van der Waals surface area contributed by atoms with E-state index in [1.54, 1.807) is 25.5 Å². The zero-order valence-electron chi connectivity index (χ0n) is 10.3. The molecule has 1 aromatic carbocycles. The maximum Gasteiger partial charge on any atom is 0.261 e. The number of aromatic nitrogens is 2. The second-order valence-electron chi connectivity index (χ2n) is 4.01. The number of nitrogens with zero attached hydrogens (tertiary/aromatic N) is 2. The van der Waals surface area contributed by atoms with Gasteiger partial charge in [-0.3, -0.25) is 0 Å². The topological polar surface area (TPSA) is 61.2 Å². The predicted octanol–water partition coefficient (Wildman–Crippen LogP) is 2.20. The molecule has 0 aliphatic rings. The monoisotopic (exact) mass is 300 g/mol. The Kier molecular flexibility index (Phi) is 4.11. The van der Waals surface area contributed by atoms with Gasteiger partial charge in [0.15, 0.2) is 0 Å². The molecule has 5 nitrogen and oxygen atoms in total. The first-order valence-electron chi connectivity index (χ1n) is 5.60. The molecule has 0 aliphatic heterocycles. The summed E-state index contributed by atoms with van der Waals surface area (Å²) in [6, 6.07) is 4.54. The van der Waals surface area contributed by atoms with Gasteiger partial charge in [0.05, 0.1) is 17.8 Å². The van der Waals surface area contributed by atoms with Crippen LogP contribution in [-0.2, 0) is 15.6 Å². The van der Waals surface area contributed by atoms with Gasteiger partial charge in [-0.2, -0.15) is 0 Å². The first-order chi connectivity index (χ1) is 8.97. The van der Waals surface area contributed by atoms with Gasteiger partial charge in [-0.05, 0) is 30.7 Å². The molecule has 102 valence electrons. The molecule has 0 amide bonds. The van der Waals surface area contributed by atoms with E-state index in [1.165, 1.54) is 12.1 Å². The van der Waals surface area contributed by atoms with Crippen molar-refractivity contribution >= 4 is 19.7 Å². The van der Waals surface area contributed by atoms with Crippen molar-refractivity contribution in [2.24, 2.45) is 0 Å². The molecule has 0 saturated carbocycles. The van der Waals surface area contributed by atoms with Crippen LogP contribution in [0.3, 0.4) is 0 Å². The largest absolute Gasteiger partial charge is 0.491 e. The highest BCUT2D eigenvalue weighted by molar-refractivity contribution is 8.13. The van der Waals surface area contributed by atoms with Crippen molar-refractivity contribution in [3.63, 3.8) is 0 Å². The zero-order chi connectivity index (χ0) is 13.9. The lowest BCUT2D eigenvalue weighted by Gasteiger charge is -2.10. The second-order valence-corrected chi connectivity index (χ2v) is 6.58. The molecule has 0 N–H and O–H groups in total. The van der Waals surface area contributed by atoms with Gasteiger partial charge in [0.1, 0.15) is 12.4 Å². The van der Waals surface area contributed by atoms with Crippen molar-refractivity contribution in [3.8, 4) is 5.75 Å². The number of halogens is 1. The Hall–Kier alpha value is -1.53. The molecule has 0 atom stereocenters. The smallest absolute Gasteiger partial charge is 0.261 e. The molecule has 1 heterocycles. The Labute approximate surface area is 116 Å². The van der Waals surface area contributed by atoms with Crippen molar-refractivity contribution in [2.75, 3.05) is 6.61 Å². The van der Waals surface area contributed by atoms with E-state index in [4.69, 9.17) is 15.4 Å². The van der Waals surface area contributed by atoms with Gasteiger partial charge < -0.3 is 9.30 Å². The molecule has 0 saturated heterocycles. The highest BCUT2D eigenvalue weighted by Gasteiger charge is 2.11. The quantitative estimate of drug-likeness (QED) is 0.794. The third-order valence-electron chi connectivity index (χ3n) is 2.59. The van der Waals surface area contributed by atoms with Crippen LogP contribution in [0.1, 0.15) is 5.56 Å². The fraction of sp³-hybridized carbons (Fsp3) is 0.250. The summed E-state index contributed by atoms with van der Waals surface area (Å²) in [7, 11) is 1.58. The molecular formula is C12H13ClN2O3S. The minimum Gasteiger partial charge on any atom is -0.491 e. The Balaban J connectivity index is 2.01. The van der Waals surface area contributed by atoms with E-state index in [-0.39, 0.29) is 4.90 Å². The summed E-state index contributed by atoms with van der Waals surface area (Å²) < 4.78 is 29.8. The fourth-order valence-corrected chi connectivity index (χ4v) is 2.45. The van der Waals surface area contributed by atoms with Crippen molar-refractivity contribution in [1.82, 2.24) is 9.55 Å². The number of hydrogen-bond donors (Lipinski definition) is 0. The second kappa shape index (κ2) is 5.63. The highest BCUT2D eigenvalue weighted by Crippen LogP contribution is 2.23. The van der Waals surface area contributed by atoms with Gasteiger partial charge in [0, 0.05) is 23.1 Å². The number of benzene rings is 1. The van der Waals surface area contributed by atoms with Gasteiger partial charge in [-0.1, -0.05) is 0 Å². The summed E-state index contributed by atoms with van der Waals surface area (Å²) in [6.45, 7) is 2.93. The Morgan fingerprint density at radius 3 is 2.79 bits per heavy atom. The standard InChI is InChI=1S/C12H13ClN2O3S/c1-10-8-11(19(13,16)17)2-3-12(10)18-7-6-15-5-4-14-9-15/h2-5,8-9H,6-7H2,1H3. The van der Waals surface area contributed by atoms with Crippen LogP contribution in [-0.4, -0.2) is 24.6 Å². The van der Waals surface area contributed by atoms with Gasteiger partial charge >= 0.3 is 0 Å². The highest BCUT2D eigenvalue weighted by atomic mass is 35.7. The van der Waals surface area contributed by atoms with Crippen molar-refractivity contribution < 1.29 is 13.2 Å². The first kappa shape index (κ1) is 13.9. The Morgan fingerprint density at radius 2 is 2.21 bits per heavy atom. The Bertz CT molecular complexity index is 654. The number of ether oxygens (including phenoxy) is 1. The van der Waals surface area contributed by atoms with Gasteiger partial charge in [0.25, 0.3) is 9.05 Å². The number of hydrogen-bond acceptors (Lipinski definition) is 4. The molecule has 7 heteroatoms. The number of aryl methyl sites for hydroxylation is 1. The molecule has 1 aromatic heterocycles. The third-order valence-corrected chi connectivity index (χ3v) is 3.95. The van der Waals surface area contributed by atoms with Crippen LogP contribution in [0.25, 0.3) is 0 Å². The minimum absolute atomic E-state index is 0.0774. The van der Waals surface area contributed by atoms with Crippen molar-refractivity contribution in [2.45, 2.75) is 18.4 Å². The minimum atomic E-state index is -3.69. The third kappa shape index (κ3) is 3.71. The van der Waals surface area contributed by atoms with Crippen LogP contribution in [0, 0.1) is 6.92 Å². The average Bonchev–Trinajstić information content (AvgIpc) is 2.83. The van der Waals surface area contributed by atoms with Crippen LogP contribution in [0.2, 0.25) is 0 Å². The summed E-state index contributed by atoms with van der Waals surface area (Å²) in [5.41, 5.74) is 0.729. The molecule has 0 bridgehead atoms. The van der Waals surface area contributed by atoms with E-state index in [2.05, 4.69) is 4.98 Å². The average molecular weight is 301 g/mol. The molecule has 0 aliphatic carbocycles. The van der Waals surface area contributed by atoms with Crippen LogP contribution in [0.15, 0.2) is 41.8 Å². The molecule has 0 unspecified atom stereocenters. The molecule has 2 aromatic rings. The normalized spacial score (nSPS) is 11.5. The van der Waals surface area contributed by atoms with Gasteiger partial charge in [-0.15, -0.1) is 0 Å². The molecular weight excluding hydrogens is 288 g/mol. The summed E-state index contributed by atoms with van der Waals surface area (Å²) in [4.78, 5) is 4.01. The SMILES string of the molecule is Cc1cc(S(=O)(=O)Cl)ccc1OCCn1ccnc1. The number of imidazole rings is 1. The van der Waals surface area contributed by atoms with E-state index in [1.807, 2.05) is 10.8 Å². The maximum absolute atomic E-state index is 11.2. The molecule has 2 rings (SSSR count). The lowest BCUT2D eigenvalue weighted by molar-refractivity contribution is 0.296. The molecule has 0 spiro atoms. The van der Waals surface area contributed by atoms with Gasteiger partial charge in [0.2, 0.25) is 0 Å². The fourth-order valence-electron chi connectivity index (χ4n) is 1.62. The summed E-state index contributed by atoms with van der Waals surface area (Å²) in [5.74, 6) is 0.643.